The highest BCUT2D eigenvalue weighted by atomic mass is 35.5. The molecule has 24 heavy (non-hydrogen) atoms. The van der Waals surface area contributed by atoms with Crippen molar-refractivity contribution in [1.29, 1.82) is 0 Å². The first kappa shape index (κ1) is 16.2. The van der Waals surface area contributed by atoms with E-state index in [1.54, 1.807) is 18.3 Å². The van der Waals surface area contributed by atoms with Crippen molar-refractivity contribution in [3.8, 4) is 11.4 Å². The third-order valence-electron chi connectivity index (χ3n) is 3.18. The van der Waals surface area contributed by atoms with E-state index in [0.717, 1.165) is 11.4 Å². The van der Waals surface area contributed by atoms with Crippen molar-refractivity contribution in [2.75, 3.05) is 23.8 Å². The minimum atomic E-state index is -0.00947. The summed E-state index contributed by atoms with van der Waals surface area (Å²) in [6.07, 6.45) is 1.71. The lowest BCUT2D eigenvalue weighted by Gasteiger charge is -2.11. The van der Waals surface area contributed by atoms with Crippen LogP contribution in [0.1, 0.15) is 0 Å². The van der Waals surface area contributed by atoms with Gasteiger partial charge in [0, 0.05) is 18.8 Å². The van der Waals surface area contributed by atoms with Gasteiger partial charge in [0.2, 0.25) is 5.95 Å². The van der Waals surface area contributed by atoms with Gasteiger partial charge in [0.15, 0.2) is 0 Å². The number of rotatable bonds is 6. The quantitative estimate of drug-likeness (QED) is 0.638. The molecule has 3 rings (SSSR count). The van der Waals surface area contributed by atoms with Gasteiger partial charge in [-0.3, -0.25) is 4.98 Å². The van der Waals surface area contributed by atoms with Crippen LogP contribution >= 0.6 is 11.6 Å². The number of aliphatic hydroxyl groups is 1. The predicted molar refractivity (Wildman–Crippen MR) is 95.6 cm³/mol. The Labute approximate surface area is 144 Å². The summed E-state index contributed by atoms with van der Waals surface area (Å²) in [5.41, 5.74) is 2.15. The Hall–Kier alpha value is -2.70. The third-order valence-corrected chi connectivity index (χ3v) is 3.51. The fourth-order valence-corrected chi connectivity index (χ4v) is 2.29. The monoisotopic (exact) mass is 341 g/mol. The van der Waals surface area contributed by atoms with E-state index in [4.69, 9.17) is 16.7 Å². The molecule has 2 aromatic heterocycles. The van der Waals surface area contributed by atoms with Crippen LogP contribution in [0.2, 0.25) is 5.02 Å². The van der Waals surface area contributed by atoms with E-state index in [1.165, 1.54) is 0 Å². The second-order valence-corrected chi connectivity index (χ2v) is 5.34. The molecule has 0 aliphatic carbocycles. The topological polar surface area (TPSA) is 83.0 Å². The van der Waals surface area contributed by atoms with Crippen LogP contribution in [-0.4, -0.2) is 33.2 Å². The Bertz CT molecular complexity index is 813. The summed E-state index contributed by atoms with van der Waals surface area (Å²) in [4.78, 5) is 13.2. The van der Waals surface area contributed by atoms with E-state index in [0.29, 0.717) is 29.0 Å². The number of halogens is 1. The molecule has 1 aromatic carbocycles. The van der Waals surface area contributed by atoms with Crippen LogP contribution in [0.5, 0.6) is 0 Å². The molecule has 7 heteroatoms. The van der Waals surface area contributed by atoms with Crippen molar-refractivity contribution >= 4 is 29.1 Å². The number of aromatic nitrogens is 3. The van der Waals surface area contributed by atoms with Crippen molar-refractivity contribution in [2.45, 2.75) is 0 Å². The molecule has 0 aliphatic rings. The molecule has 0 saturated heterocycles. The molecule has 0 amide bonds. The number of nitrogens with one attached hydrogen (secondary N) is 2. The first-order valence-electron chi connectivity index (χ1n) is 7.43. The first-order valence-corrected chi connectivity index (χ1v) is 7.81. The number of para-hydroxylation sites is 1. The maximum Gasteiger partial charge on any atom is 0.225 e. The molecule has 0 saturated carbocycles. The second-order valence-electron chi connectivity index (χ2n) is 4.93. The average molecular weight is 342 g/mol. The lowest BCUT2D eigenvalue weighted by molar-refractivity contribution is 0.311. The lowest BCUT2D eigenvalue weighted by Crippen LogP contribution is -2.10. The molecular formula is C17H16ClN5O. The summed E-state index contributed by atoms with van der Waals surface area (Å²) in [5.74, 6) is 0.987. The van der Waals surface area contributed by atoms with E-state index in [9.17, 15) is 0 Å². The second kappa shape index (κ2) is 7.72. The molecule has 0 aliphatic heterocycles. The predicted octanol–water partition coefficient (Wildman–Crippen LogP) is 3.34. The number of hydrogen-bond donors (Lipinski definition) is 3. The first-order chi connectivity index (χ1) is 11.8. The Morgan fingerprint density at radius 2 is 1.83 bits per heavy atom. The zero-order chi connectivity index (χ0) is 16.8. The highest BCUT2D eigenvalue weighted by molar-refractivity contribution is 6.33. The Morgan fingerprint density at radius 1 is 1.00 bits per heavy atom. The smallest absolute Gasteiger partial charge is 0.225 e. The summed E-state index contributed by atoms with van der Waals surface area (Å²) in [6.45, 7) is 0.349. The maximum absolute atomic E-state index is 8.99. The Kier molecular flexibility index (Phi) is 5.20. The van der Waals surface area contributed by atoms with Crippen molar-refractivity contribution in [3.63, 3.8) is 0 Å². The molecule has 0 spiro atoms. The minimum Gasteiger partial charge on any atom is -0.395 e. The average Bonchev–Trinajstić information content (AvgIpc) is 2.62. The molecular weight excluding hydrogens is 326 g/mol. The van der Waals surface area contributed by atoms with Gasteiger partial charge in [0.1, 0.15) is 5.82 Å². The molecule has 0 bridgehead atoms. The fraction of sp³-hybridized carbons (Fsp3) is 0.118. The number of nitrogens with zero attached hydrogens (tertiary/aromatic N) is 3. The SMILES string of the molecule is OCCNc1nc(Nc2ccccc2Cl)cc(-c2ccccn2)n1. The molecule has 3 N–H and O–H groups in total. The summed E-state index contributed by atoms with van der Waals surface area (Å²) in [7, 11) is 0. The van der Waals surface area contributed by atoms with Crippen molar-refractivity contribution in [2.24, 2.45) is 0 Å². The van der Waals surface area contributed by atoms with Crippen LogP contribution in [0.3, 0.4) is 0 Å². The van der Waals surface area contributed by atoms with Crippen LogP contribution < -0.4 is 10.6 Å². The highest BCUT2D eigenvalue weighted by Crippen LogP contribution is 2.26. The van der Waals surface area contributed by atoms with E-state index >= 15 is 0 Å². The highest BCUT2D eigenvalue weighted by Gasteiger charge is 2.09. The van der Waals surface area contributed by atoms with Crippen LogP contribution in [-0.2, 0) is 0 Å². The van der Waals surface area contributed by atoms with Gasteiger partial charge >= 0.3 is 0 Å². The summed E-state index contributed by atoms with van der Waals surface area (Å²) in [5, 5.41) is 15.7. The molecule has 3 aromatic rings. The fourth-order valence-electron chi connectivity index (χ4n) is 2.10. The van der Waals surface area contributed by atoms with Crippen LogP contribution in [0.15, 0.2) is 54.7 Å². The van der Waals surface area contributed by atoms with E-state index in [2.05, 4.69) is 25.6 Å². The van der Waals surface area contributed by atoms with Crippen molar-refractivity contribution < 1.29 is 5.11 Å². The van der Waals surface area contributed by atoms with E-state index < -0.39 is 0 Å². The van der Waals surface area contributed by atoms with Gasteiger partial charge in [-0.05, 0) is 24.3 Å². The molecule has 0 radical (unpaired) electrons. The van der Waals surface area contributed by atoms with E-state index in [-0.39, 0.29) is 6.61 Å². The van der Waals surface area contributed by atoms with E-state index in [1.807, 2.05) is 36.4 Å². The molecule has 122 valence electrons. The number of pyridine rings is 1. The van der Waals surface area contributed by atoms with Crippen LogP contribution in [0, 0.1) is 0 Å². The minimum absolute atomic E-state index is 0.00947. The number of anilines is 3. The molecule has 6 nitrogen and oxygen atoms in total. The molecule has 0 fully saturated rings. The number of benzene rings is 1. The Balaban J connectivity index is 1.97. The standard InChI is InChI=1S/C17H16ClN5O/c18-12-5-1-2-6-13(12)21-16-11-15(14-7-3-4-8-19-14)22-17(23-16)20-9-10-24/h1-8,11,24H,9-10H2,(H2,20,21,22,23). The summed E-state index contributed by atoms with van der Waals surface area (Å²) in [6, 6.07) is 14.8. The maximum atomic E-state index is 8.99. The largest absolute Gasteiger partial charge is 0.395 e. The van der Waals surface area contributed by atoms with Gasteiger partial charge in [-0.1, -0.05) is 29.8 Å². The Morgan fingerprint density at radius 3 is 2.58 bits per heavy atom. The number of hydrogen-bond acceptors (Lipinski definition) is 6. The zero-order valence-electron chi connectivity index (χ0n) is 12.8. The van der Waals surface area contributed by atoms with Crippen LogP contribution in [0.4, 0.5) is 17.5 Å². The van der Waals surface area contributed by atoms with Gasteiger partial charge in [-0.15, -0.1) is 0 Å². The molecule has 2 heterocycles. The van der Waals surface area contributed by atoms with Crippen molar-refractivity contribution in [1.82, 2.24) is 15.0 Å². The van der Waals surface area contributed by atoms with Crippen molar-refractivity contribution in [3.05, 3.63) is 59.8 Å². The zero-order valence-corrected chi connectivity index (χ0v) is 13.5. The molecule has 0 atom stereocenters. The third kappa shape index (κ3) is 3.98. The summed E-state index contributed by atoms with van der Waals surface area (Å²) < 4.78 is 0. The lowest BCUT2D eigenvalue weighted by atomic mass is 10.2. The van der Waals surface area contributed by atoms with Gasteiger partial charge in [0.25, 0.3) is 0 Å². The number of aliphatic hydroxyl groups excluding tert-OH is 1. The van der Waals surface area contributed by atoms with Gasteiger partial charge in [-0.2, -0.15) is 4.98 Å². The van der Waals surface area contributed by atoms with Gasteiger partial charge < -0.3 is 15.7 Å². The van der Waals surface area contributed by atoms with Gasteiger partial charge in [-0.25, -0.2) is 4.98 Å². The molecule has 0 unspecified atom stereocenters. The van der Waals surface area contributed by atoms with Gasteiger partial charge in [0.05, 0.1) is 28.7 Å². The normalized spacial score (nSPS) is 10.4. The van der Waals surface area contributed by atoms with Crippen LogP contribution in [0.25, 0.3) is 11.4 Å². The summed E-state index contributed by atoms with van der Waals surface area (Å²) >= 11 is 6.19.